The number of carbonyl (C=O) groups excluding carboxylic acids is 2. The molecular weight excluding hydrogens is 491 g/mol. The molecule has 2 N–H and O–H groups in total. The number of halogens is 1. The van der Waals surface area contributed by atoms with Crippen molar-refractivity contribution in [2.45, 2.75) is 37.8 Å². The van der Waals surface area contributed by atoms with Crippen LogP contribution in [0.2, 0.25) is 0 Å². The quantitative estimate of drug-likeness (QED) is 0.466. The molecule has 0 saturated heterocycles. The number of rotatable bonds is 7. The molecule has 1 fully saturated rings. The molecule has 2 amide bonds. The second kappa shape index (κ2) is 11.0. The molecule has 0 aromatic heterocycles. The van der Waals surface area contributed by atoms with Gasteiger partial charge in [-0.3, -0.25) is 14.5 Å². The van der Waals surface area contributed by atoms with E-state index in [1.54, 1.807) is 18.2 Å². The SMILES string of the molecule is COc1cc([C@H](C(=O)NC2CCCC2)N(C(=O)c2ccc3c(c2)OCCO3)c2ccccc2F)ccc1O. The van der Waals surface area contributed by atoms with Crippen LogP contribution in [-0.2, 0) is 4.79 Å². The molecule has 1 heterocycles. The first-order valence-corrected chi connectivity index (χ1v) is 12.6. The summed E-state index contributed by atoms with van der Waals surface area (Å²) in [6, 6.07) is 13.6. The fourth-order valence-corrected chi connectivity index (χ4v) is 4.96. The minimum absolute atomic E-state index is 0.0455. The van der Waals surface area contributed by atoms with Crippen LogP contribution in [0.5, 0.6) is 23.0 Å². The summed E-state index contributed by atoms with van der Waals surface area (Å²) >= 11 is 0. The maximum Gasteiger partial charge on any atom is 0.259 e. The number of nitrogens with one attached hydrogen (secondary N) is 1. The van der Waals surface area contributed by atoms with Gasteiger partial charge in [0, 0.05) is 11.6 Å². The van der Waals surface area contributed by atoms with Crippen molar-refractivity contribution in [3.63, 3.8) is 0 Å². The number of nitrogens with zero attached hydrogens (tertiary/aromatic N) is 1. The smallest absolute Gasteiger partial charge is 0.259 e. The van der Waals surface area contributed by atoms with Gasteiger partial charge in [0.25, 0.3) is 5.91 Å². The van der Waals surface area contributed by atoms with Gasteiger partial charge in [-0.2, -0.15) is 0 Å². The van der Waals surface area contributed by atoms with Crippen molar-refractivity contribution in [2.75, 3.05) is 25.2 Å². The Morgan fingerprint density at radius 2 is 1.76 bits per heavy atom. The summed E-state index contributed by atoms with van der Waals surface area (Å²) < 4.78 is 31.8. The molecule has 1 atom stereocenters. The largest absolute Gasteiger partial charge is 0.504 e. The van der Waals surface area contributed by atoms with Crippen molar-refractivity contribution in [2.24, 2.45) is 0 Å². The fourth-order valence-electron chi connectivity index (χ4n) is 4.96. The highest BCUT2D eigenvalue weighted by molar-refractivity contribution is 6.10. The molecule has 1 aliphatic carbocycles. The van der Waals surface area contributed by atoms with Crippen molar-refractivity contribution in [3.05, 3.63) is 77.6 Å². The lowest BCUT2D eigenvalue weighted by molar-refractivity contribution is -0.123. The summed E-state index contributed by atoms with van der Waals surface area (Å²) in [4.78, 5) is 29.2. The van der Waals surface area contributed by atoms with Gasteiger partial charge in [0.05, 0.1) is 12.8 Å². The standard InChI is InChI=1S/C29H29FN2O6/c1-36-25-16-18(10-12-23(25)33)27(28(34)31-20-6-2-3-7-20)32(22-9-5-4-8-21(22)30)29(35)19-11-13-24-26(17-19)38-15-14-37-24/h4-5,8-13,16-17,20,27,33H,2-3,6-7,14-15H2,1H3,(H,31,34)/t27-/m1/s1. The second-order valence-electron chi connectivity index (χ2n) is 9.31. The fraction of sp³-hybridized carbons (Fsp3) is 0.310. The maximum atomic E-state index is 15.3. The Hall–Kier alpha value is -4.27. The van der Waals surface area contributed by atoms with Gasteiger partial charge in [-0.05, 0) is 60.9 Å². The van der Waals surface area contributed by atoms with E-state index in [-0.39, 0.29) is 28.8 Å². The zero-order valence-electron chi connectivity index (χ0n) is 21.0. The minimum Gasteiger partial charge on any atom is -0.504 e. The molecule has 3 aromatic carbocycles. The molecule has 198 valence electrons. The molecule has 0 unspecified atom stereocenters. The van der Waals surface area contributed by atoms with Crippen molar-refractivity contribution < 1.29 is 33.3 Å². The Morgan fingerprint density at radius 3 is 2.50 bits per heavy atom. The van der Waals surface area contributed by atoms with Crippen LogP contribution < -0.4 is 24.4 Å². The number of phenolic OH excluding ortho intramolecular Hbond substituents is 1. The number of ether oxygens (including phenoxy) is 3. The van der Waals surface area contributed by atoms with Crippen LogP contribution in [0.3, 0.4) is 0 Å². The van der Waals surface area contributed by atoms with Crippen LogP contribution in [0.25, 0.3) is 0 Å². The van der Waals surface area contributed by atoms with E-state index in [9.17, 15) is 14.7 Å². The van der Waals surface area contributed by atoms with Crippen molar-refractivity contribution in [1.82, 2.24) is 5.32 Å². The van der Waals surface area contributed by atoms with Crippen LogP contribution in [0.1, 0.15) is 47.6 Å². The lowest BCUT2D eigenvalue weighted by Crippen LogP contribution is -2.46. The lowest BCUT2D eigenvalue weighted by atomic mass is 10.00. The van der Waals surface area contributed by atoms with E-state index in [0.29, 0.717) is 30.3 Å². The molecule has 2 aliphatic rings. The normalized spacial score (nSPS) is 15.5. The maximum absolute atomic E-state index is 15.3. The first-order chi connectivity index (χ1) is 18.5. The molecule has 38 heavy (non-hydrogen) atoms. The van der Waals surface area contributed by atoms with Crippen LogP contribution >= 0.6 is 0 Å². The van der Waals surface area contributed by atoms with Crippen molar-refractivity contribution in [3.8, 4) is 23.0 Å². The minimum atomic E-state index is -1.26. The van der Waals surface area contributed by atoms with E-state index in [1.807, 2.05) is 0 Å². The van der Waals surface area contributed by atoms with Crippen LogP contribution in [0, 0.1) is 5.82 Å². The number of hydrogen-bond donors (Lipinski definition) is 2. The molecular formula is C29H29FN2O6. The number of aromatic hydroxyl groups is 1. The number of amides is 2. The molecule has 0 spiro atoms. The van der Waals surface area contributed by atoms with Gasteiger partial charge in [-0.15, -0.1) is 0 Å². The first-order valence-electron chi connectivity index (χ1n) is 12.6. The van der Waals surface area contributed by atoms with E-state index in [1.165, 1.54) is 49.6 Å². The molecule has 1 saturated carbocycles. The van der Waals surface area contributed by atoms with Gasteiger partial charge in [0.2, 0.25) is 5.91 Å². The molecule has 8 nitrogen and oxygen atoms in total. The first kappa shape index (κ1) is 25.4. The summed E-state index contributed by atoms with van der Waals surface area (Å²) in [7, 11) is 1.39. The molecule has 0 radical (unpaired) electrons. The molecule has 1 aliphatic heterocycles. The Bertz CT molecular complexity index is 1340. The topological polar surface area (TPSA) is 97.3 Å². The summed E-state index contributed by atoms with van der Waals surface area (Å²) in [6.45, 7) is 0.731. The second-order valence-corrected chi connectivity index (χ2v) is 9.31. The van der Waals surface area contributed by atoms with Gasteiger partial charge >= 0.3 is 0 Å². The monoisotopic (exact) mass is 520 g/mol. The number of carbonyl (C=O) groups is 2. The highest BCUT2D eigenvalue weighted by Crippen LogP contribution is 2.37. The molecule has 9 heteroatoms. The Labute approximate surface area is 219 Å². The zero-order chi connectivity index (χ0) is 26.6. The summed E-state index contributed by atoms with van der Waals surface area (Å²) in [5, 5.41) is 13.2. The predicted molar refractivity (Wildman–Crippen MR) is 138 cm³/mol. The van der Waals surface area contributed by atoms with Crippen LogP contribution in [0.15, 0.2) is 60.7 Å². The lowest BCUT2D eigenvalue weighted by Gasteiger charge is -2.33. The number of fused-ring (bicyclic) bond motifs is 1. The van der Waals surface area contributed by atoms with Gasteiger partial charge in [-0.25, -0.2) is 4.39 Å². The van der Waals surface area contributed by atoms with Gasteiger partial charge in [-0.1, -0.05) is 31.0 Å². The van der Waals surface area contributed by atoms with Crippen LogP contribution in [0.4, 0.5) is 10.1 Å². The number of anilines is 1. The predicted octanol–water partition coefficient (Wildman–Crippen LogP) is 4.76. The van der Waals surface area contributed by atoms with Crippen LogP contribution in [-0.4, -0.2) is 43.3 Å². The van der Waals surface area contributed by atoms with E-state index in [2.05, 4.69) is 5.32 Å². The molecule has 5 rings (SSSR count). The summed E-state index contributed by atoms with van der Waals surface area (Å²) in [6.07, 6.45) is 3.64. The number of para-hydroxylation sites is 1. The van der Waals surface area contributed by atoms with Gasteiger partial charge < -0.3 is 24.6 Å². The molecule has 3 aromatic rings. The van der Waals surface area contributed by atoms with E-state index >= 15 is 4.39 Å². The van der Waals surface area contributed by atoms with Crippen molar-refractivity contribution >= 4 is 17.5 Å². The zero-order valence-corrected chi connectivity index (χ0v) is 21.0. The Balaban J connectivity index is 1.64. The van der Waals surface area contributed by atoms with Crippen molar-refractivity contribution in [1.29, 1.82) is 0 Å². The van der Waals surface area contributed by atoms with E-state index in [0.717, 1.165) is 30.6 Å². The third-order valence-corrected chi connectivity index (χ3v) is 6.85. The Kier molecular flexibility index (Phi) is 7.35. The van der Waals surface area contributed by atoms with E-state index < -0.39 is 23.7 Å². The molecule has 0 bridgehead atoms. The average Bonchev–Trinajstić information content (AvgIpc) is 3.45. The third-order valence-electron chi connectivity index (χ3n) is 6.85. The summed E-state index contributed by atoms with van der Waals surface area (Å²) in [5.74, 6) is -0.826. The van der Waals surface area contributed by atoms with Gasteiger partial charge in [0.1, 0.15) is 25.1 Å². The highest BCUT2D eigenvalue weighted by Gasteiger charge is 2.37. The average molecular weight is 521 g/mol. The number of hydrogen-bond acceptors (Lipinski definition) is 6. The number of methoxy groups -OCH3 is 1. The van der Waals surface area contributed by atoms with E-state index in [4.69, 9.17) is 14.2 Å². The summed E-state index contributed by atoms with van der Waals surface area (Å²) in [5.41, 5.74) is 0.484. The number of benzene rings is 3. The number of phenols is 1. The van der Waals surface area contributed by atoms with Gasteiger partial charge in [0.15, 0.2) is 23.0 Å². The highest BCUT2D eigenvalue weighted by atomic mass is 19.1. The Morgan fingerprint density at radius 1 is 1.03 bits per heavy atom. The third kappa shape index (κ3) is 5.09.